The molecule has 0 bridgehead atoms. The molecule has 5 rings (SSSR count). The van der Waals surface area contributed by atoms with Crippen molar-refractivity contribution in [2.45, 2.75) is 12.2 Å². The predicted octanol–water partition coefficient (Wildman–Crippen LogP) is 4.14. The highest BCUT2D eigenvalue weighted by Gasteiger charge is 2.58. The molecular formula is C25H21N3O2. The molecule has 0 aliphatic carbocycles. The minimum atomic E-state index is -1.30. The molecule has 2 heterocycles. The molecule has 2 amide bonds. The van der Waals surface area contributed by atoms with E-state index in [0.29, 0.717) is 24.3 Å². The summed E-state index contributed by atoms with van der Waals surface area (Å²) >= 11 is 0. The first kappa shape index (κ1) is 18.2. The number of hydrogen-bond acceptors (Lipinski definition) is 3. The lowest BCUT2D eigenvalue weighted by atomic mass is 9.92. The van der Waals surface area contributed by atoms with Gasteiger partial charge < -0.3 is 10.2 Å². The number of anilines is 2. The lowest BCUT2D eigenvalue weighted by molar-refractivity contribution is -0.127. The van der Waals surface area contributed by atoms with E-state index in [2.05, 4.69) is 11.9 Å². The fourth-order valence-electron chi connectivity index (χ4n) is 4.42. The van der Waals surface area contributed by atoms with Crippen LogP contribution in [-0.4, -0.2) is 23.3 Å². The van der Waals surface area contributed by atoms with Crippen LogP contribution in [0.3, 0.4) is 0 Å². The Kier molecular flexibility index (Phi) is 4.17. The van der Waals surface area contributed by atoms with Crippen molar-refractivity contribution in [1.82, 2.24) is 4.90 Å². The highest BCUT2D eigenvalue weighted by atomic mass is 16.2. The topological polar surface area (TPSA) is 52.7 Å². The zero-order valence-corrected chi connectivity index (χ0v) is 16.4. The molecule has 0 saturated carbocycles. The van der Waals surface area contributed by atoms with Gasteiger partial charge in [-0.3, -0.25) is 14.5 Å². The third-order valence-corrected chi connectivity index (χ3v) is 5.76. The van der Waals surface area contributed by atoms with E-state index in [1.165, 1.54) is 0 Å². The first-order valence-electron chi connectivity index (χ1n) is 9.92. The molecule has 3 aromatic carbocycles. The van der Waals surface area contributed by atoms with Gasteiger partial charge in [-0.1, -0.05) is 66.7 Å². The van der Waals surface area contributed by atoms with Crippen LogP contribution < -0.4 is 10.2 Å². The quantitative estimate of drug-likeness (QED) is 0.676. The van der Waals surface area contributed by atoms with Gasteiger partial charge in [-0.15, -0.1) is 6.58 Å². The maximum Gasteiger partial charge on any atom is 0.279 e. The molecule has 1 N–H and O–H groups in total. The summed E-state index contributed by atoms with van der Waals surface area (Å²) in [5, 5.41) is 3.45. The Hall–Kier alpha value is -3.86. The van der Waals surface area contributed by atoms with E-state index in [0.717, 1.165) is 16.8 Å². The number of nitrogens with zero attached hydrogens (tertiary/aromatic N) is 2. The monoisotopic (exact) mass is 395 g/mol. The van der Waals surface area contributed by atoms with Crippen molar-refractivity contribution in [2.24, 2.45) is 0 Å². The summed E-state index contributed by atoms with van der Waals surface area (Å²) in [6.07, 6.45) is 1.70. The van der Waals surface area contributed by atoms with Crippen molar-refractivity contribution in [1.29, 1.82) is 0 Å². The molecule has 0 fully saturated rings. The van der Waals surface area contributed by atoms with Crippen molar-refractivity contribution in [3.05, 3.63) is 108 Å². The first-order valence-corrected chi connectivity index (χ1v) is 9.92. The molecule has 1 spiro atoms. The fourth-order valence-corrected chi connectivity index (χ4v) is 4.42. The largest absolute Gasteiger partial charge is 0.350 e. The standard InChI is InChI=1S/C25H21N3O2/c1-2-16-27-22-15-9-7-13-20(22)25(24(27)30)26-21-14-8-6-12-19(21)23(29)28(25)17-18-10-4-3-5-11-18/h2-15,26H,1,16-17H2/t25-/m0/s1. The number of para-hydroxylation sites is 2. The van der Waals surface area contributed by atoms with Crippen LogP contribution in [0.4, 0.5) is 11.4 Å². The third-order valence-electron chi connectivity index (χ3n) is 5.76. The lowest BCUT2D eigenvalue weighted by Gasteiger charge is -2.45. The van der Waals surface area contributed by atoms with E-state index in [9.17, 15) is 9.59 Å². The fraction of sp³-hybridized carbons (Fsp3) is 0.120. The summed E-state index contributed by atoms with van der Waals surface area (Å²) in [5.41, 5.74) is 2.44. The minimum Gasteiger partial charge on any atom is -0.350 e. The maximum absolute atomic E-state index is 13.9. The zero-order chi connectivity index (χ0) is 20.7. The summed E-state index contributed by atoms with van der Waals surface area (Å²) < 4.78 is 0. The molecule has 1 atom stereocenters. The summed E-state index contributed by atoms with van der Waals surface area (Å²) in [5.74, 6) is -0.348. The van der Waals surface area contributed by atoms with E-state index in [4.69, 9.17) is 0 Å². The summed E-state index contributed by atoms with van der Waals surface area (Å²) in [7, 11) is 0. The van der Waals surface area contributed by atoms with Crippen LogP contribution in [0.15, 0.2) is 91.5 Å². The van der Waals surface area contributed by atoms with Crippen molar-refractivity contribution < 1.29 is 9.59 Å². The second kappa shape index (κ2) is 6.88. The van der Waals surface area contributed by atoms with E-state index in [1.807, 2.05) is 72.8 Å². The van der Waals surface area contributed by atoms with Crippen LogP contribution in [0.1, 0.15) is 21.5 Å². The van der Waals surface area contributed by atoms with Gasteiger partial charge in [0.05, 0.1) is 11.3 Å². The average Bonchev–Trinajstić information content (AvgIpc) is 3.01. The Morgan fingerprint density at radius 1 is 0.900 bits per heavy atom. The highest BCUT2D eigenvalue weighted by Crippen LogP contribution is 2.48. The Balaban J connectivity index is 1.74. The number of nitrogens with one attached hydrogen (secondary N) is 1. The highest BCUT2D eigenvalue weighted by molar-refractivity contribution is 6.15. The Labute approximate surface area is 175 Å². The van der Waals surface area contributed by atoms with Gasteiger partial charge in [0.25, 0.3) is 11.8 Å². The van der Waals surface area contributed by atoms with Gasteiger partial charge >= 0.3 is 0 Å². The number of amides is 2. The van der Waals surface area contributed by atoms with Gasteiger partial charge in [-0.05, 0) is 23.8 Å². The molecule has 2 aliphatic rings. The first-order chi connectivity index (χ1) is 14.7. The number of carbonyl (C=O) groups excluding carboxylic acids is 2. The molecule has 30 heavy (non-hydrogen) atoms. The maximum atomic E-state index is 13.9. The number of rotatable bonds is 4. The van der Waals surface area contributed by atoms with Crippen LogP contribution in [0, 0.1) is 0 Å². The van der Waals surface area contributed by atoms with Crippen molar-refractivity contribution in [3.63, 3.8) is 0 Å². The smallest absolute Gasteiger partial charge is 0.279 e. The Bertz CT molecular complexity index is 1160. The van der Waals surface area contributed by atoms with Gasteiger partial charge in [-0.25, -0.2) is 0 Å². The van der Waals surface area contributed by atoms with Crippen molar-refractivity contribution in [2.75, 3.05) is 16.8 Å². The van der Waals surface area contributed by atoms with Gasteiger partial charge in [0.2, 0.25) is 5.66 Å². The van der Waals surface area contributed by atoms with Crippen LogP contribution in [-0.2, 0) is 17.0 Å². The summed E-state index contributed by atoms with van der Waals surface area (Å²) in [6.45, 7) is 4.49. The molecule has 2 aliphatic heterocycles. The predicted molar refractivity (Wildman–Crippen MR) is 117 cm³/mol. The van der Waals surface area contributed by atoms with Gasteiger partial charge in [0.1, 0.15) is 0 Å². The van der Waals surface area contributed by atoms with Crippen LogP contribution in [0.25, 0.3) is 0 Å². The second-order valence-corrected chi connectivity index (χ2v) is 7.48. The van der Waals surface area contributed by atoms with Crippen LogP contribution >= 0.6 is 0 Å². The summed E-state index contributed by atoms with van der Waals surface area (Å²) in [4.78, 5) is 31.0. The van der Waals surface area contributed by atoms with Crippen LogP contribution in [0.5, 0.6) is 0 Å². The lowest BCUT2D eigenvalue weighted by Crippen LogP contribution is -2.62. The molecule has 5 nitrogen and oxygen atoms in total. The van der Waals surface area contributed by atoms with E-state index < -0.39 is 5.66 Å². The molecule has 0 unspecified atom stereocenters. The van der Waals surface area contributed by atoms with E-state index in [1.54, 1.807) is 21.9 Å². The molecule has 0 radical (unpaired) electrons. The van der Waals surface area contributed by atoms with E-state index in [-0.39, 0.29) is 11.8 Å². The Morgan fingerprint density at radius 3 is 2.40 bits per heavy atom. The second-order valence-electron chi connectivity index (χ2n) is 7.48. The van der Waals surface area contributed by atoms with Gasteiger partial charge in [-0.2, -0.15) is 0 Å². The SMILES string of the molecule is C=CCN1C(=O)[C@]2(Nc3ccccc3C(=O)N2Cc2ccccc2)c2ccccc21. The number of benzene rings is 3. The minimum absolute atomic E-state index is 0.170. The molecule has 148 valence electrons. The number of hydrogen-bond donors (Lipinski definition) is 1. The molecular weight excluding hydrogens is 374 g/mol. The summed E-state index contributed by atoms with van der Waals surface area (Å²) in [6, 6.07) is 24.7. The average molecular weight is 395 g/mol. The van der Waals surface area contributed by atoms with Crippen molar-refractivity contribution >= 4 is 23.2 Å². The van der Waals surface area contributed by atoms with Crippen molar-refractivity contribution in [3.8, 4) is 0 Å². The molecule has 0 aromatic heterocycles. The number of carbonyl (C=O) groups is 2. The van der Waals surface area contributed by atoms with Crippen LogP contribution in [0.2, 0.25) is 0 Å². The van der Waals surface area contributed by atoms with Gasteiger partial charge in [0, 0.05) is 24.3 Å². The van der Waals surface area contributed by atoms with Gasteiger partial charge in [0.15, 0.2) is 0 Å². The third kappa shape index (κ3) is 2.48. The normalized spacial score (nSPS) is 19.5. The molecule has 0 saturated heterocycles. The molecule has 3 aromatic rings. The number of fused-ring (bicyclic) bond motifs is 3. The van der Waals surface area contributed by atoms with E-state index >= 15 is 0 Å². The zero-order valence-electron chi connectivity index (χ0n) is 16.4. The Morgan fingerprint density at radius 2 is 1.60 bits per heavy atom. The molecule has 5 heteroatoms.